The average molecular weight is 300 g/mol. The molecule has 0 amide bonds. The first-order valence-corrected chi connectivity index (χ1v) is 5.87. The second-order valence-corrected chi connectivity index (χ2v) is 4.61. The summed E-state index contributed by atoms with van der Waals surface area (Å²) in [5, 5.41) is 15.8. The third kappa shape index (κ3) is 1.95. The smallest absolute Gasteiger partial charge is 0.199 e. The quantitative estimate of drug-likeness (QED) is 0.838. The van der Waals surface area contributed by atoms with Crippen molar-refractivity contribution >= 4 is 28.1 Å². The zero-order chi connectivity index (χ0) is 11.7. The van der Waals surface area contributed by atoms with Gasteiger partial charge in [-0.25, -0.2) is 0 Å². The molecule has 0 atom stereocenters. The molecule has 2 N–H and O–H groups in total. The van der Waals surface area contributed by atoms with Crippen molar-refractivity contribution in [3.05, 3.63) is 38.8 Å². The average Bonchev–Trinajstić information content (AvgIpc) is 2.64. The number of aliphatic hydroxyl groups is 1. The van der Waals surface area contributed by atoms with Crippen LogP contribution in [0.4, 0.5) is 0 Å². The molecule has 0 aliphatic heterocycles. The lowest BCUT2D eigenvalue weighted by Crippen LogP contribution is -2.01. The number of aryl methyl sites for hydroxylation is 1. The van der Waals surface area contributed by atoms with Crippen LogP contribution in [0.1, 0.15) is 11.4 Å². The monoisotopic (exact) mass is 299 g/mol. The standard InChI is InChI=1S/C10H10BrN3OS/c1-6-4-7(2-3-8(6)11)14-9(5-15)12-13-10(14)16/h2-4,15H,5H2,1H3,(H,13,16). The second kappa shape index (κ2) is 4.48. The molecule has 0 aliphatic rings. The van der Waals surface area contributed by atoms with Crippen molar-refractivity contribution < 1.29 is 5.11 Å². The van der Waals surface area contributed by atoms with Crippen LogP contribution in [0, 0.1) is 11.7 Å². The highest BCUT2D eigenvalue weighted by atomic mass is 79.9. The number of aromatic amines is 1. The minimum Gasteiger partial charge on any atom is -0.388 e. The Labute approximate surface area is 106 Å². The maximum atomic E-state index is 9.16. The molecular formula is C10H10BrN3OS. The SMILES string of the molecule is Cc1cc(-n2c(CO)n[nH]c2=S)ccc1Br. The highest BCUT2D eigenvalue weighted by molar-refractivity contribution is 9.10. The van der Waals surface area contributed by atoms with E-state index in [0.717, 1.165) is 15.7 Å². The Morgan fingerprint density at radius 2 is 2.31 bits per heavy atom. The summed E-state index contributed by atoms with van der Waals surface area (Å²) < 4.78 is 3.23. The van der Waals surface area contributed by atoms with Gasteiger partial charge in [0.25, 0.3) is 0 Å². The molecule has 1 aromatic heterocycles. The Morgan fingerprint density at radius 3 is 2.94 bits per heavy atom. The molecule has 0 aliphatic carbocycles. The number of hydrogen-bond acceptors (Lipinski definition) is 3. The lowest BCUT2D eigenvalue weighted by molar-refractivity contribution is 0.269. The number of aliphatic hydroxyl groups excluding tert-OH is 1. The number of nitrogens with zero attached hydrogens (tertiary/aromatic N) is 2. The van der Waals surface area contributed by atoms with Crippen LogP contribution in [-0.2, 0) is 6.61 Å². The predicted octanol–water partition coefficient (Wildman–Crippen LogP) is 2.49. The van der Waals surface area contributed by atoms with Crippen molar-refractivity contribution in [3.8, 4) is 5.69 Å². The van der Waals surface area contributed by atoms with E-state index in [0.29, 0.717) is 10.6 Å². The summed E-state index contributed by atoms with van der Waals surface area (Å²) in [6.07, 6.45) is 0. The van der Waals surface area contributed by atoms with E-state index < -0.39 is 0 Å². The van der Waals surface area contributed by atoms with Gasteiger partial charge in [-0.1, -0.05) is 15.9 Å². The molecule has 0 saturated carbocycles. The Hall–Kier alpha value is -0.980. The largest absolute Gasteiger partial charge is 0.388 e. The van der Waals surface area contributed by atoms with Crippen LogP contribution < -0.4 is 0 Å². The van der Waals surface area contributed by atoms with Gasteiger partial charge in [0.1, 0.15) is 6.61 Å². The topological polar surface area (TPSA) is 53.8 Å². The molecule has 0 radical (unpaired) electrons. The summed E-state index contributed by atoms with van der Waals surface area (Å²) in [6.45, 7) is 1.85. The molecule has 0 fully saturated rings. The van der Waals surface area contributed by atoms with E-state index in [1.807, 2.05) is 25.1 Å². The molecular weight excluding hydrogens is 290 g/mol. The molecule has 1 heterocycles. The molecule has 0 spiro atoms. The molecule has 0 unspecified atom stereocenters. The predicted molar refractivity (Wildman–Crippen MR) is 67.1 cm³/mol. The third-order valence-corrected chi connectivity index (χ3v) is 3.45. The van der Waals surface area contributed by atoms with Crippen molar-refractivity contribution in [2.75, 3.05) is 0 Å². The number of H-pyrrole nitrogens is 1. The van der Waals surface area contributed by atoms with Gasteiger partial charge in [0.15, 0.2) is 10.6 Å². The summed E-state index contributed by atoms with van der Waals surface area (Å²) >= 11 is 8.56. The van der Waals surface area contributed by atoms with Crippen molar-refractivity contribution in [1.29, 1.82) is 0 Å². The third-order valence-electron chi connectivity index (χ3n) is 2.28. The highest BCUT2D eigenvalue weighted by Gasteiger charge is 2.07. The van der Waals surface area contributed by atoms with Crippen LogP contribution in [-0.4, -0.2) is 19.9 Å². The molecule has 6 heteroatoms. The van der Waals surface area contributed by atoms with Crippen molar-refractivity contribution in [1.82, 2.24) is 14.8 Å². The molecule has 2 aromatic rings. The van der Waals surface area contributed by atoms with Gasteiger partial charge in [0, 0.05) is 4.47 Å². The van der Waals surface area contributed by atoms with E-state index >= 15 is 0 Å². The maximum absolute atomic E-state index is 9.16. The van der Waals surface area contributed by atoms with Gasteiger partial charge in [-0.15, -0.1) is 0 Å². The van der Waals surface area contributed by atoms with E-state index in [1.165, 1.54) is 0 Å². The van der Waals surface area contributed by atoms with Crippen LogP contribution in [0.5, 0.6) is 0 Å². The molecule has 16 heavy (non-hydrogen) atoms. The Balaban J connectivity index is 2.62. The first kappa shape index (κ1) is 11.5. The first-order valence-electron chi connectivity index (χ1n) is 4.67. The molecule has 1 aromatic carbocycles. The zero-order valence-corrected chi connectivity index (χ0v) is 11.0. The lowest BCUT2D eigenvalue weighted by Gasteiger charge is -2.07. The van der Waals surface area contributed by atoms with Gasteiger partial charge in [0.05, 0.1) is 5.69 Å². The minimum atomic E-state index is -0.151. The summed E-state index contributed by atoms with van der Waals surface area (Å²) in [4.78, 5) is 0. The number of aromatic nitrogens is 3. The normalized spacial score (nSPS) is 10.7. The van der Waals surface area contributed by atoms with E-state index in [9.17, 15) is 0 Å². The number of rotatable bonds is 2. The molecule has 0 bridgehead atoms. The zero-order valence-electron chi connectivity index (χ0n) is 8.57. The van der Waals surface area contributed by atoms with Gasteiger partial charge in [0.2, 0.25) is 0 Å². The Kier molecular flexibility index (Phi) is 3.22. The van der Waals surface area contributed by atoms with Gasteiger partial charge >= 0.3 is 0 Å². The van der Waals surface area contributed by atoms with Crippen LogP contribution in [0.25, 0.3) is 5.69 Å². The summed E-state index contributed by atoms with van der Waals surface area (Å²) in [7, 11) is 0. The van der Waals surface area contributed by atoms with Crippen LogP contribution in [0.3, 0.4) is 0 Å². The van der Waals surface area contributed by atoms with Crippen molar-refractivity contribution in [2.24, 2.45) is 0 Å². The lowest BCUT2D eigenvalue weighted by atomic mass is 10.2. The number of halogens is 1. The number of nitrogens with one attached hydrogen (secondary N) is 1. The van der Waals surface area contributed by atoms with Gasteiger partial charge in [-0.05, 0) is 42.9 Å². The summed E-state index contributed by atoms with van der Waals surface area (Å²) in [5.74, 6) is 0.506. The Bertz CT molecular complexity index is 576. The fraction of sp³-hybridized carbons (Fsp3) is 0.200. The number of hydrogen-bond donors (Lipinski definition) is 2. The van der Waals surface area contributed by atoms with E-state index in [1.54, 1.807) is 4.57 Å². The van der Waals surface area contributed by atoms with Crippen LogP contribution in [0.15, 0.2) is 22.7 Å². The molecule has 4 nitrogen and oxygen atoms in total. The van der Waals surface area contributed by atoms with Crippen LogP contribution in [0.2, 0.25) is 0 Å². The van der Waals surface area contributed by atoms with E-state index in [4.69, 9.17) is 17.3 Å². The van der Waals surface area contributed by atoms with Crippen LogP contribution >= 0.6 is 28.1 Å². The van der Waals surface area contributed by atoms with E-state index in [2.05, 4.69) is 26.1 Å². The van der Waals surface area contributed by atoms with Gasteiger partial charge < -0.3 is 5.11 Å². The fourth-order valence-electron chi connectivity index (χ4n) is 1.47. The Morgan fingerprint density at radius 1 is 1.56 bits per heavy atom. The van der Waals surface area contributed by atoms with E-state index in [-0.39, 0.29) is 6.61 Å². The fourth-order valence-corrected chi connectivity index (χ4v) is 1.97. The highest BCUT2D eigenvalue weighted by Crippen LogP contribution is 2.20. The maximum Gasteiger partial charge on any atom is 0.199 e. The van der Waals surface area contributed by atoms with Gasteiger partial charge in [-0.2, -0.15) is 5.10 Å². The second-order valence-electron chi connectivity index (χ2n) is 3.37. The first-order chi connectivity index (χ1) is 7.63. The molecule has 0 saturated heterocycles. The van der Waals surface area contributed by atoms with Gasteiger partial charge in [-0.3, -0.25) is 9.67 Å². The summed E-state index contributed by atoms with van der Waals surface area (Å²) in [6, 6.07) is 5.84. The molecule has 2 rings (SSSR count). The van der Waals surface area contributed by atoms with Crippen molar-refractivity contribution in [2.45, 2.75) is 13.5 Å². The minimum absolute atomic E-state index is 0.151. The molecule has 84 valence electrons. The number of benzene rings is 1. The van der Waals surface area contributed by atoms with Crippen molar-refractivity contribution in [3.63, 3.8) is 0 Å². The summed E-state index contributed by atoms with van der Waals surface area (Å²) in [5.41, 5.74) is 1.99.